The van der Waals surface area contributed by atoms with Crippen molar-refractivity contribution in [3.63, 3.8) is 0 Å². The van der Waals surface area contributed by atoms with E-state index in [2.05, 4.69) is 26.8 Å². The minimum absolute atomic E-state index is 0.114. The number of nitrogens with zero attached hydrogens (tertiary/aromatic N) is 1. The number of carbonyl (C=O) groups is 1. The summed E-state index contributed by atoms with van der Waals surface area (Å²) in [5, 5.41) is 0. The average Bonchev–Trinajstić information content (AvgIpc) is 2.99. The van der Waals surface area contributed by atoms with Gasteiger partial charge in [-0.1, -0.05) is 38.0 Å². The van der Waals surface area contributed by atoms with Crippen LogP contribution in [0.1, 0.15) is 52.0 Å². The third kappa shape index (κ3) is 3.99. The van der Waals surface area contributed by atoms with Gasteiger partial charge >= 0.3 is 0 Å². The lowest BCUT2D eigenvalue weighted by Crippen LogP contribution is -2.45. The van der Waals surface area contributed by atoms with Crippen LogP contribution in [0.3, 0.4) is 0 Å². The molecular weight excluding hydrogens is 262 g/mol. The second-order valence-corrected chi connectivity index (χ2v) is 6.08. The normalized spacial score (nSPS) is 15.4. The highest BCUT2D eigenvalue weighted by Gasteiger charge is 2.28. The Hall–Kier alpha value is -1.51. The van der Waals surface area contributed by atoms with Gasteiger partial charge in [-0.2, -0.15) is 0 Å². The van der Waals surface area contributed by atoms with E-state index < -0.39 is 0 Å². The molecule has 3 nitrogen and oxygen atoms in total. The van der Waals surface area contributed by atoms with Crippen LogP contribution in [0, 0.1) is 0 Å². The maximum Gasteiger partial charge on any atom is 0.260 e. The molecule has 2 rings (SSSR count). The first kappa shape index (κ1) is 15.9. The topological polar surface area (TPSA) is 29.5 Å². The smallest absolute Gasteiger partial charge is 0.260 e. The number of carbonyl (C=O) groups excluding carboxylic acids is 1. The number of para-hydroxylation sites is 1. The van der Waals surface area contributed by atoms with Gasteiger partial charge in [0.1, 0.15) is 5.75 Å². The highest BCUT2D eigenvalue weighted by atomic mass is 16.5. The Morgan fingerprint density at radius 1 is 1.29 bits per heavy atom. The lowest BCUT2D eigenvalue weighted by Gasteiger charge is -2.32. The molecule has 0 aromatic heterocycles. The molecule has 0 N–H and O–H groups in total. The molecule has 1 aromatic carbocycles. The van der Waals surface area contributed by atoms with Crippen LogP contribution in [0.2, 0.25) is 0 Å². The van der Waals surface area contributed by atoms with Gasteiger partial charge in [0, 0.05) is 12.1 Å². The monoisotopic (exact) mass is 289 g/mol. The van der Waals surface area contributed by atoms with E-state index in [4.69, 9.17) is 4.74 Å². The maximum atomic E-state index is 12.5. The molecule has 0 spiro atoms. The Morgan fingerprint density at radius 2 is 1.95 bits per heavy atom. The van der Waals surface area contributed by atoms with Crippen molar-refractivity contribution in [2.24, 2.45) is 0 Å². The Balaban J connectivity index is 1.98. The second kappa shape index (κ2) is 7.48. The van der Waals surface area contributed by atoms with E-state index in [1.54, 1.807) is 0 Å². The van der Waals surface area contributed by atoms with Gasteiger partial charge in [-0.25, -0.2) is 0 Å². The van der Waals surface area contributed by atoms with Crippen LogP contribution in [0.15, 0.2) is 24.3 Å². The molecule has 3 heteroatoms. The van der Waals surface area contributed by atoms with Crippen molar-refractivity contribution in [3.05, 3.63) is 29.8 Å². The maximum absolute atomic E-state index is 12.5. The number of ether oxygens (including phenoxy) is 1. The minimum atomic E-state index is 0.114. The summed E-state index contributed by atoms with van der Waals surface area (Å²) in [7, 11) is 0. The molecule has 1 amide bonds. The Bertz CT molecular complexity index is 464. The number of rotatable bonds is 6. The fraction of sp³-hybridized carbons (Fsp3) is 0.611. The van der Waals surface area contributed by atoms with E-state index in [-0.39, 0.29) is 18.6 Å². The van der Waals surface area contributed by atoms with Gasteiger partial charge in [0.25, 0.3) is 5.91 Å². The quantitative estimate of drug-likeness (QED) is 0.797. The van der Waals surface area contributed by atoms with E-state index in [0.29, 0.717) is 6.04 Å². The van der Waals surface area contributed by atoms with Crippen LogP contribution in [0.25, 0.3) is 0 Å². The van der Waals surface area contributed by atoms with Crippen molar-refractivity contribution in [3.8, 4) is 5.75 Å². The lowest BCUT2D eigenvalue weighted by molar-refractivity contribution is -0.137. The number of amides is 1. The predicted molar refractivity (Wildman–Crippen MR) is 85.6 cm³/mol. The van der Waals surface area contributed by atoms with E-state index >= 15 is 0 Å². The van der Waals surface area contributed by atoms with Crippen LogP contribution in [0.4, 0.5) is 0 Å². The van der Waals surface area contributed by atoms with Gasteiger partial charge < -0.3 is 9.64 Å². The summed E-state index contributed by atoms with van der Waals surface area (Å²) in [5.74, 6) is 0.950. The van der Waals surface area contributed by atoms with Crippen LogP contribution in [-0.4, -0.2) is 29.5 Å². The molecule has 0 saturated heterocycles. The first-order valence-corrected chi connectivity index (χ1v) is 8.15. The lowest BCUT2D eigenvalue weighted by atomic mass is 10.1. The summed E-state index contributed by atoms with van der Waals surface area (Å²) in [6.07, 6.45) is 5.66. The number of hydrogen-bond donors (Lipinski definition) is 0. The van der Waals surface area contributed by atoms with Crippen molar-refractivity contribution in [2.45, 2.75) is 65.0 Å². The molecule has 1 aliphatic rings. The number of aryl methyl sites for hydroxylation is 1. The molecule has 0 aliphatic heterocycles. The number of hydrogen-bond acceptors (Lipinski definition) is 2. The zero-order valence-electron chi connectivity index (χ0n) is 13.5. The zero-order valence-corrected chi connectivity index (χ0v) is 13.5. The Morgan fingerprint density at radius 3 is 2.57 bits per heavy atom. The van der Waals surface area contributed by atoms with Crippen molar-refractivity contribution in [2.75, 3.05) is 6.61 Å². The highest BCUT2D eigenvalue weighted by molar-refractivity contribution is 5.78. The molecule has 0 unspecified atom stereocenters. The SMILES string of the molecule is CCc1ccccc1OCC(=O)N(C(C)C)C1CCCC1. The first-order chi connectivity index (χ1) is 10.1. The molecule has 0 bridgehead atoms. The summed E-state index contributed by atoms with van der Waals surface area (Å²) in [5.41, 5.74) is 1.15. The molecule has 1 fully saturated rings. The van der Waals surface area contributed by atoms with E-state index in [1.807, 2.05) is 23.1 Å². The van der Waals surface area contributed by atoms with Crippen LogP contribution in [-0.2, 0) is 11.2 Å². The summed E-state index contributed by atoms with van der Waals surface area (Å²) < 4.78 is 5.79. The fourth-order valence-corrected chi connectivity index (χ4v) is 3.25. The van der Waals surface area contributed by atoms with Crippen molar-refractivity contribution in [1.82, 2.24) is 4.90 Å². The third-order valence-electron chi connectivity index (χ3n) is 4.27. The third-order valence-corrected chi connectivity index (χ3v) is 4.27. The van der Waals surface area contributed by atoms with Gasteiger partial charge in [-0.15, -0.1) is 0 Å². The molecule has 1 saturated carbocycles. The van der Waals surface area contributed by atoms with E-state index in [0.717, 1.165) is 30.6 Å². The molecule has 1 aromatic rings. The molecular formula is C18H27NO2. The van der Waals surface area contributed by atoms with Gasteiger partial charge in [0.2, 0.25) is 0 Å². The Kier molecular flexibility index (Phi) is 5.66. The van der Waals surface area contributed by atoms with E-state index in [1.165, 1.54) is 12.8 Å². The summed E-state index contributed by atoms with van der Waals surface area (Å²) >= 11 is 0. The molecule has 116 valence electrons. The Labute approximate surface area is 128 Å². The average molecular weight is 289 g/mol. The fourth-order valence-electron chi connectivity index (χ4n) is 3.25. The summed E-state index contributed by atoms with van der Waals surface area (Å²) in [6, 6.07) is 8.61. The van der Waals surface area contributed by atoms with Crippen molar-refractivity contribution in [1.29, 1.82) is 0 Å². The first-order valence-electron chi connectivity index (χ1n) is 8.15. The number of benzene rings is 1. The zero-order chi connectivity index (χ0) is 15.2. The molecule has 1 aliphatic carbocycles. The van der Waals surface area contributed by atoms with Crippen LogP contribution < -0.4 is 4.74 Å². The largest absolute Gasteiger partial charge is 0.483 e. The van der Waals surface area contributed by atoms with Crippen LogP contribution >= 0.6 is 0 Å². The molecule has 21 heavy (non-hydrogen) atoms. The standard InChI is InChI=1S/C18H27NO2/c1-4-15-9-5-8-12-17(15)21-13-18(20)19(14(2)3)16-10-6-7-11-16/h5,8-9,12,14,16H,4,6-7,10-11,13H2,1-3H3. The van der Waals surface area contributed by atoms with Crippen LogP contribution in [0.5, 0.6) is 5.75 Å². The van der Waals surface area contributed by atoms with Gasteiger partial charge in [-0.3, -0.25) is 4.79 Å². The highest BCUT2D eigenvalue weighted by Crippen LogP contribution is 2.25. The summed E-state index contributed by atoms with van der Waals surface area (Å²) in [6.45, 7) is 6.43. The van der Waals surface area contributed by atoms with Gasteiger partial charge in [0.05, 0.1) is 0 Å². The van der Waals surface area contributed by atoms with Crippen molar-refractivity contribution >= 4 is 5.91 Å². The molecule has 0 atom stereocenters. The predicted octanol–water partition coefficient (Wildman–Crippen LogP) is 3.81. The second-order valence-electron chi connectivity index (χ2n) is 6.08. The minimum Gasteiger partial charge on any atom is -0.483 e. The van der Waals surface area contributed by atoms with Gasteiger partial charge in [-0.05, 0) is 44.7 Å². The van der Waals surface area contributed by atoms with Crippen molar-refractivity contribution < 1.29 is 9.53 Å². The van der Waals surface area contributed by atoms with E-state index in [9.17, 15) is 4.79 Å². The van der Waals surface area contributed by atoms with Gasteiger partial charge in [0.15, 0.2) is 6.61 Å². The summed E-state index contributed by atoms with van der Waals surface area (Å²) in [4.78, 5) is 14.6. The molecule has 0 heterocycles. The molecule has 0 radical (unpaired) electrons.